The molecule has 1 aromatic carbocycles. The lowest BCUT2D eigenvalue weighted by Gasteiger charge is -2.59. The molecule has 2 amide bonds. The van der Waals surface area contributed by atoms with Gasteiger partial charge in [-0.15, -0.1) is 0 Å². The molecule has 5 nitrogen and oxygen atoms in total. The van der Waals surface area contributed by atoms with Crippen LogP contribution in [-0.4, -0.2) is 35.6 Å². The Morgan fingerprint density at radius 1 is 1.09 bits per heavy atom. The van der Waals surface area contributed by atoms with Crippen LogP contribution in [-0.2, 0) is 4.79 Å². The van der Waals surface area contributed by atoms with E-state index in [4.69, 9.17) is 0 Å². The van der Waals surface area contributed by atoms with Crippen molar-refractivity contribution in [3.8, 4) is 0 Å². The second-order valence-corrected chi connectivity index (χ2v) is 12.1. The van der Waals surface area contributed by atoms with Crippen LogP contribution in [0.2, 0.25) is 0 Å². The average Bonchev–Trinajstić information content (AvgIpc) is 3.25. The van der Waals surface area contributed by atoms with Crippen LogP contribution in [0.4, 0.5) is 0 Å². The maximum absolute atomic E-state index is 12.9. The van der Waals surface area contributed by atoms with Crippen LogP contribution in [0, 0.1) is 34.5 Å². The van der Waals surface area contributed by atoms with Crippen molar-refractivity contribution >= 4 is 11.8 Å². The van der Waals surface area contributed by atoms with Gasteiger partial charge in [-0.25, -0.2) is 0 Å². The Balaban J connectivity index is 1.34. The molecule has 0 heterocycles. The van der Waals surface area contributed by atoms with Crippen LogP contribution in [0.1, 0.15) is 82.5 Å². The summed E-state index contributed by atoms with van der Waals surface area (Å²) in [6.45, 7) is 6.45. The zero-order chi connectivity index (χ0) is 24.8. The molecule has 0 bridgehead atoms. The monoisotopic (exact) mass is 478 g/mol. The van der Waals surface area contributed by atoms with Crippen molar-refractivity contribution in [2.75, 3.05) is 6.61 Å². The molecular formula is C30H42N2O3. The lowest BCUT2D eigenvalue weighted by atomic mass is 9.47. The van der Waals surface area contributed by atoms with Gasteiger partial charge in [0.15, 0.2) is 0 Å². The highest BCUT2D eigenvalue weighted by Gasteiger charge is 2.61. The Kier molecular flexibility index (Phi) is 6.58. The van der Waals surface area contributed by atoms with Crippen molar-refractivity contribution in [1.29, 1.82) is 0 Å². The number of rotatable bonds is 5. The number of allylic oxidation sites excluding steroid dienone is 1. The number of hydrogen-bond donors (Lipinski definition) is 3. The third-order valence-corrected chi connectivity index (χ3v) is 10.6. The summed E-state index contributed by atoms with van der Waals surface area (Å²) in [6, 6.07) is 9.76. The van der Waals surface area contributed by atoms with Gasteiger partial charge in [0.2, 0.25) is 5.91 Å². The highest BCUT2D eigenvalue weighted by Crippen LogP contribution is 2.66. The van der Waals surface area contributed by atoms with Gasteiger partial charge in [0.1, 0.15) is 0 Å². The zero-order valence-electron chi connectivity index (χ0n) is 21.6. The van der Waals surface area contributed by atoms with Crippen LogP contribution in [0.25, 0.3) is 0 Å². The summed E-state index contributed by atoms with van der Waals surface area (Å²) >= 11 is 0. The average molecular weight is 479 g/mol. The van der Waals surface area contributed by atoms with Gasteiger partial charge in [-0.3, -0.25) is 9.59 Å². The fourth-order valence-electron chi connectivity index (χ4n) is 8.96. The summed E-state index contributed by atoms with van der Waals surface area (Å²) in [5.74, 6) is 2.12. The van der Waals surface area contributed by atoms with Crippen LogP contribution in [0.15, 0.2) is 42.0 Å². The molecule has 4 aliphatic rings. The fourth-order valence-corrected chi connectivity index (χ4v) is 8.96. The minimum Gasteiger partial charge on any atom is -0.396 e. The Bertz CT molecular complexity index is 991. The number of fused-ring (bicyclic) bond motifs is 5. The van der Waals surface area contributed by atoms with Crippen LogP contribution in [0.3, 0.4) is 0 Å². The summed E-state index contributed by atoms with van der Waals surface area (Å²) in [6.07, 6.45) is 11.2. The third-order valence-electron chi connectivity index (χ3n) is 10.6. The molecule has 4 aliphatic carbocycles. The van der Waals surface area contributed by atoms with Gasteiger partial charge in [-0.05, 0) is 99.5 Å². The molecule has 5 rings (SSSR count). The molecular weight excluding hydrogens is 436 g/mol. The van der Waals surface area contributed by atoms with Gasteiger partial charge in [-0.2, -0.15) is 0 Å². The maximum Gasteiger partial charge on any atom is 0.251 e. The van der Waals surface area contributed by atoms with Crippen molar-refractivity contribution in [2.24, 2.45) is 34.5 Å². The molecule has 1 aromatic rings. The van der Waals surface area contributed by atoms with E-state index in [2.05, 4.69) is 30.6 Å². The summed E-state index contributed by atoms with van der Waals surface area (Å²) in [4.78, 5) is 24.5. The van der Waals surface area contributed by atoms with E-state index < -0.39 is 0 Å². The molecule has 8 unspecified atom stereocenters. The molecule has 0 aliphatic heterocycles. The van der Waals surface area contributed by atoms with Gasteiger partial charge >= 0.3 is 0 Å². The first-order chi connectivity index (χ1) is 16.8. The number of benzene rings is 1. The Hall–Kier alpha value is -2.14. The van der Waals surface area contributed by atoms with Crippen molar-refractivity contribution in [2.45, 2.75) is 84.2 Å². The minimum atomic E-state index is -0.0976. The third kappa shape index (κ3) is 4.14. The molecule has 190 valence electrons. The van der Waals surface area contributed by atoms with Crippen LogP contribution in [0.5, 0.6) is 0 Å². The van der Waals surface area contributed by atoms with Crippen molar-refractivity contribution < 1.29 is 14.7 Å². The first-order valence-corrected chi connectivity index (χ1v) is 13.7. The largest absolute Gasteiger partial charge is 0.396 e. The first-order valence-electron chi connectivity index (χ1n) is 13.7. The van der Waals surface area contributed by atoms with E-state index in [0.29, 0.717) is 29.2 Å². The summed E-state index contributed by atoms with van der Waals surface area (Å²) in [7, 11) is 0. The molecule has 35 heavy (non-hydrogen) atoms. The molecule has 0 spiro atoms. The van der Waals surface area contributed by atoms with Crippen LogP contribution >= 0.6 is 0 Å². The fraction of sp³-hybridized carbons (Fsp3) is 0.667. The van der Waals surface area contributed by atoms with Gasteiger partial charge in [-0.1, -0.05) is 36.8 Å². The van der Waals surface area contributed by atoms with Crippen molar-refractivity contribution in [3.63, 3.8) is 0 Å². The molecule has 0 aromatic heterocycles. The Morgan fingerprint density at radius 3 is 2.57 bits per heavy atom. The first kappa shape index (κ1) is 24.5. The number of aliphatic hydroxyl groups excluding tert-OH is 1. The number of hydrogen-bond acceptors (Lipinski definition) is 3. The quantitative estimate of drug-likeness (QED) is 0.529. The van der Waals surface area contributed by atoms with Gasteiger partial charge in [0.05, 0.1) is 0 Å². The highest BCUT2D eigenvalue weighted by molar-refractivity contribution is 5.94. The van der Waals surface area contributed by atoms with Gasteiger partial charge < -0.3 is 15.7 Å². The number of nitrogens with one attached hydrogen (secondary N) is 2. The van der Waals surface area contributed by atoms with E-state index in [-0.39, 0.29) is 41.3 Å². The molecule has 0 saturated heterocycles. The lowest BCUT2D eigenvalue weighted by molar-refractivity contribution is -0.120. The topological polar surface area (TPSA) is 78.4 Å². The van der Waals surface area contributed by atoms with Crippen LogP contribution < -0.4 is 10.6 Å². The second kappa shape index (κ2) is 9.38. The molecule has 3 saturated carbocycles. The van der Waals surface area contributed by atoms with Gasteiger partial charge in [0.25, 0.3) is 5.91 Å². The number of carbonyl (C=O) groups is 2. The maximum atomic E-state index is 12.9. The molecule has 3 fully saturated rings. The van der Waals surface area contributed by atoms with E-state index in [1.54, 1.807) is 12.5 Å². The molecule has 3 N–H and O–H groups in total. The van der Waals surface area contributed by atoms with E-state index in [9.17, 15) is 14.7 Å². The van der Waals surface area contributed by atoms with Gasteiger partial charge in [0, 0.05) is 36.6 Å². The van der Waals surface area contributed by atoms with E-state index in [1.807, 2.05) is 30.3 Å². The second-order valence-electron chi connectivity index (χ2n) is 12.1. The standard InChI is InChI=1S/C30H42N2O3/c1-19(31-28(35)21-7-5-4-6-8-21)25-11-12-27-24-10-9-22-17-23(32-20(2)34)13-15-29(22,3)26(24)14-16-30(25,27)18-33/h4-9,19,23-27,33H,10-18H2,1-3H3,(H,31,35)(H,32,34). The Morgan fingerprint density at radius 2 is 1.86 bits per heavy atom. The zero-order valence-corrected chi connectivity index (χ0v) is 21.6. The smallest absolute Gasteiger partial charge is 0.251 e. The van der Waals surface area contributed by atoms with E-state index in [1.165, 1.54) is 0 Å². The molecule has 5 heteroatoms. The number of carbonyl (C=O) groups excluding carboxylic acids is 2. The normalized spacial score (nSPS) is 38.9. The summed E-state index contributed by atoms with van der Waals surface area (Å²) < 4.78 is 0. The lowest BCUT2D eigenvalue weighted by Crippen LogP contribution is -2.55. The van der Waals surface area contributed by atoms with Crippen molar-refractivity contribution in [3.05, 3.63) is 47.5 Å². The number of aliphatic hydroxyl groups is 1. The Labute approximate surface area is 210 Å². The van der Waals surface area contributed by atoms with Crippen molar-refractivity contribution in [1.82, 2.24) is 10.6 Å². The predicted octanol–water partition coefficient (Wildman–Crippen LogP) is 4.86. The van der Waals surface area contributed by atoms with E-state index >= 15 is 0 Å². The summed E-state index contributed by atoms with van der Waals surface area (Å²) in [5, 5.41) is 17.3. The molecule has 8 atom stereocenters. The summed E-state index contributed by atoms with van der Waals surface area (Å²) in [5.41, 5.74) is 2.37. The number of amides is 2. The predicted molar refractivity (Wildman–Crippen MR) is 138 cm³/mol. The molecule has 0 radical (unpaired) electrons. The SMILES string of the molecule is CC(=O)NC1CCC2(C)C(=CCC3C2CCC2(CO)C(C(C)NC(=O)c4ccccc4)CCC32)C1. The highest BCUT2D eigenvalue weighted by atomic mass is 16.3. The van der Waals surface area contributed by atoms with E-state index in [0.717, 1.165) is 51.4 Å². The minimum absolute atomic E-state index is 0.0167.